The van der Waals surface area contributed by atoms with Gasteiger partial charge >= 0.3 is 5.97 Å². The van der Waals surface area contributed by atoms with E-state index < -0.39 is 12.0 Å². The number of rotatable bonds is 2. The highest BCUT2D eigenvalue weighted by Gasteiger charge is 2.44. The lowest BCUT2D eigenvalue weighted by molar-refractivity contribution is -0.150. The van der Waals surface area contributed by atoms with Gasteiger partial charge < -0.3 is 14.7 Å². The van der Waals surface area contributed by atoms with Crippen molar-refractivity contribution in [2.75, 3.05) is 6.61 Å². The summed E-state index contributed by atoms with van der Waals surface area (Å²) < 4.78 is 5.56. The number of carbonyl (C=O) groups excluding carboxylic acids is 1. The Balaban J connectivity index is 2.13. The number of nitrogens with zero attached hydrogens (tertiary/aromatic N) is 1. The van der Waals surface area contributed by atoms with Crippen LogP contribution in [0.3, 0.4) is 0 Å². The molecule has 0 spiro atoms. The van der Waals surface area contributed by atoms with Crippen LogP contribution in [-0.2, 0) is 14.3 Å². The van der Waals surface area contributed by atoms with E-state index in [4.69, 9.17) is 9.84 Å². The molecule has 3 unspecified atom stereocenters. The molecule has 5 nitrogen and oxygen atoms in total. The topological polar surface area (TPSA) is 66.8 Å². The Morgan fingerprint density at radius 3 is 2.56 bits per heavy atom. The number of carbonyl (C=O) groups is 2. The van der Waals surface area contributed by atoms with Gasteiger partial charge in [0.25, 0.3) is 0 Å². The summed E-state index contributed by atoms with van der Waals surface area (Å²) in [6, 6.07) is -0.701. The first-order valence-electron chi connectivity index (χ1n) is 5.74. The number of amides is 1. The van der Waals surface area contributed by atoms with Crippen LogP contribution in [0, 0.1) is 0 Å². The SMILES string of the molecule is CC(=O)N1C(C(=O)O)CCC1C1CCCO1. The maximum atomic E-state index is 11.5. The number of hydrogen-bond acceptors (Lipinski definition) is 3. The molecule has 90 valence electrons. The number of carboxylic acids is 1. The van der Waals surface area contributed by atoms with Crippen molar-refractivity contribution in [1.82, 2.24) is 4.90 Å². The van der Waals surface area contributed by atoms with E-state index in [0.717, 1.165) is 25.9 Å². The zero-order valence-corrected chi connectivity index (χ0v) is 9.39. The van der Waals surface area contributed by atoms with Crippen molar-refractivity contribution >= 4 is 11.9 Å². The predicted octanol–water partition coefficient (Wildman–Crippen LogP) is 0.629. The van der Waals surface area contributed by atoms with Gasteiger partial charge in [-0.25, -0.2) is 4.79 Å². The summed E-state index contributed by atoms with van der Waals surface area (Å²) in [5, 5.41) is 9.06. The summed E-state index contributed by atoms with van der Waals surface area (Å²) in [6.07, 6.45) is 3.25. The monoisotopic (exact) mass is 227 g/mol. The molecular weight excluding hydrogens is 210 g/mol. The molecule has 0 saturated carbocycles. The Labute approximate surface area is 94.4 Å². The first kappa shape index (κ1) is 11.4. The van der Waals surface area contributed by atoms with Gasteiger partial charge in [-0.1, -0.05) is 0 Å². The van der Waals surface area contributed by atoms with Gasteiger partial charge in [0.05, 0.1) is 12.1 Å². The third-order valence-electron chi connectivity index (χ3n) is 3.47. The highest BCUT2D eigenvalue weighted by atomic mass is 16.5. The Morgan fingerprint density at radius 2 is 2.06 bits per heavy atom. The first-order valence-corrected chi connectivity index (χ1v) is 5.74. The van der Waals surface area contributed by atoms with Crippen molar-refractivity contribution in [3.8, 4) is 0 Å². The van der Waals surface area contributed by atoms with Crippen LogP contribution < -0.4 is 0 Å². The maximum Gasteiger partial charge on any atom is 0.326 e. The summed E-state index contributed by atoms with van der Waals surface area (Å²) >= 11 is 0. The minimum atomic E-state index is -0.907. The molecule has 0 aromatic rings. The number of carboxylic acid groups (broad SMARTS) is 1. The third kappa shape index (κ3) is 1.91. The molecule has 2 fully saturated rings. The number of ether oxygens (including phenoxy) is 1. The van der Waals surface area contributed by atoms with E-state index in [9.17, 15) is 9.59 Å². The highest BCUT2D eigenvalue weighted by Crippen LogP contribution is 2.31. The largest absolute Gasteiger partial charge is 0.480 e. The van der Waals surface area contributed by atoms with Crippen molar-refractivity contribution in [2.24, 2.45) is 0 Å². The quantitative estimate of drug-likeness (QED) is 0.751. The van der Waals surface area contributed by atoms with E-state index in [0.29, 0.717) is 6.42 Å². The Hall–Kier alpha value is -1.10. The second kappa shape index (κ2) is 4.41. The molecule has 1 N–H and O–H groups in total. The fourth-order valence-corrected chi connectivity index (χ4v) is 2.80. The lowest BCUT2D eigenvalue weighted by Crippen LogP contribution is -2.48. The molecule has 0 radical (unpaired) electrons. The molecular formula is C11H17NO4. The minimum absolute atomic E-state index is 0.0354. The summed E-state index contributed by atoms with van der Waals surface area (Å²) in [4.78, 5) is 24.1. The Bertz CT molecular complexity index is 298. The van der Waals surface area contributed by atoms with Crippen molar-refractivity contribution in [1.29, 1.82) is 0 Å². The Kier molecular flexibility index (Phi) is 3.14. The second-order valence-corrected chi connectivity index (χ2v) is 4.48. The van der Waals surface area contributed by atoms with Crippen LogP contribution in [0.1, 0.15) is 32.6 Å². The van der Waals surface area contributed by atoms with E-state index in [1.165, 1.54) is 11.8 Å². The molecule has 2 heterocycles. The van der Waals surface area contributed by atoms with Crippen LogP contribution in [0.4, 0.5) is 0 Å². The van der Waals surface area contributed by atoms with E-state index in [1.807, 2.05) is 0 Å². The number of likely N-dealkylation sites (tertiary alicyclic amines) is 1. The molecule has 3 atom stereocenters. The van der Waals surface area contributed by atoms with Gasteiger partial charge in [0.1, 0.15) is 6.04 Å². The van der Waals surface area contributed by atoms with E-state index in [1.54, 1.807) is 0 Å². The molecule has 5 heteroatoms. The van der Waals surface area contributed by atoms with Gasteiger partial charge in [-0.15, -0.1) is 0 Å². The molecule has 2 aliphatic heterocycles. The zero-order valence-electron chi connectivity index (χ0n) is 9.39. The van der Waals surface area contributed by atoms with Crippen LogP contribution in [0.2, 0.25) is 0 Å². The van der Waals surface area contributed by atoms with Gasteiger partial charge in [0, 0.05) is 13.5 Å². The van der Waals surface area contributed by atoms with Gasteiger partial charge in [0.2, 0.25) is 5.91 Å². The van der Waals surface area contributed by atoms with Crippen molar-refractivity contribution in [3.05, 3.63) is 0 Å². The van der Waals surface area contributed by atoms with Crippen molar-refractivity contribution in [2.45, 2.75) is 50.8 Å². The van der Waals surface area contributed by atoms with Crippen LogP contribution in [0.25, 0.3) is 0 Å². The summed E-state index contributed by atoms with van der Waals surface area (Å²) in [6.45, 7) is 2.16. The first-order chi connectivity index (χ1) is 7.61. The lowest BCUT2D eigenvalue weighted by Gasteiger charge is -2.30. The molecule has 0 aromatic carbocycles. The molecule has 2 saturated heterocycles. The van der Waals surface area contributed by atoms with Crippen LogP contribution >= 0.6 is 0 Å². The van der Waals surface area contributed by atoms with E-state index >= 15 is 0 Å². The molecule has 0 aliphatic carbocycles. The molecule has 2 rings (SSSR count). The maximum absolute atomic E-state index is 11.5. The summed E-state index contributed by atoms with van der Waals surface area (Å²) in [5.74, 6) is -1.07. The van der Waals surface area contributed by atoms with Crippen LogP contribution in [0.15, 0.2) is 0 Å². The van der Waals surface area contributed by atoms with E-state index in [2.05, 4.69) is 0 Å². The van der Waals surface area contributed by atoms with Gasteiger partial charge in [-0.3, -0.25) is 4.79 Å². The summed E-state index contributed by atoms with van der Waals surface area (Å²) in [7, 11) is 0. The van der Waals surface area contributed by atoms with Crippen LogP contribution in [0.5, 0.6) is 0 Å². The molecule has 0 aromatic heterocycles. The zero-order chi connectivity index (χ0) is 11.7. The molecule has 0 bridgehead atoms. The van der Waals surface area contributed by atoms with Gasteiger partial charge in [-0.05, 0) is 25.7 Å². The number of hydrogen-bond donors (Lipinski definition) is 1. The van der Waals surface area contributed by atoms with Gasteiger partial charge in [0.15, 0.2) is 0 Å². The lowest BCUT2D eigenvalue weighted by atomic mass is 10.1. The standard InChI is InChI=1S/C11H17NO4/c1-7(13)12-8(10-3-2-6-16-10)4-5-9(12)11(14)15/h8-10H,2-6H2,1H3,(H,14,15). The fraction of sp³-hybridized carbons (Fsp3) is 0.818. The smallest absolute Gasteiger partial charge is 0.326 e. The third-order valence-corrected chi connectivity index (χ3v) is 3.47. The van der Waals surface area contributed by atoms with Crippen LogP contribution in [-0.4, -0.2) is 46.7 Å². The summed E-state index contributed by atoms with van der Waals surface area (Å²) in [5.41, 5.74) is 0. The molecule has 1 amide bonds. The predicted molar refractivity (Wildman–Crippen MR) is 55.9 cm³/mol. The minimum Gasteiger partial charge on any atom is -0.480 e. The second-order valence-electron chi connectivity index (χ2n) is 4.48. The number of aliphatic carboxylic acids is 1. The Morgan fingerprint density at radius 1 is 1.31 bits per heavy atom. The fourth-order valence-electron chi connectivity index (χ4n) is 2.80. The average Bonchev–Trinajstić information content (AvgIpc) is 2.85. The molecule has 16 heavy (non-hydrogen) atoms. The normalized spacial score (nSPS) is 34.3. The highest BCUT2D eigenvalue weighted by molar-refractivity contribution is 5.83. The van der Waals surface area contributed by atoms with Gasteiger partial charge in [-0.2, -0.15) is 0 Å². The molecule has 2 aliphatic rings. The van der Waals surface area contributed by atoms with Crippen molar-refractivity contribution in [3.63, 3.8) is 0 Å². The van der Waals surface area contributed by atoms with Crippen molar-refractivity contribution < 1.29 is 19.4 Å². The average molecular weight is 227 g/mol. The van der Waals surface area contributed by atoms with E-state index in [-0.39, 0.29) is 18.1 Å².